The second-order valence-corrected chi connectivity index (χ2v) is 5.74. The average molecular weight is 342 g/mol. The zero-order chi connectivity index (χ0) is 16.9. The average Bonchev–Trinajstić information content (AvgIpc) is 3.29. The summed E-state index contributed by atoms with van der Waals surface area (Å²) in [7, 11) is 1.27. The highest BCUT2D eigenvalue weighted by Crippen LogP contribution is 2.23. The molecule has 7 heteroatoms. The highest BCUT2D eigenvalue weighted by molar-refractivity contribution is 7.13. The van der Waals surface area contributed by atoms with E-state index >= 15 is 0 Å². The molecule has 1 amide bonds. The van der Waals surface area contributed by atoms with Crippen LogP contribution in [0.1, 0.15) is 26.6 Å². The number of nitrogens with one attached hydrogen (secondary N) is 1. The summed E-state index contributed by atoms with van der Waals surface area (Å²) in [6.45, 7) is 0.274. The molecule has 0 atom stereocenters. The van der Waals surface area contributed by atoms with Crippen LogP contribution >= 0.6 is 11.3 Å². The Morgan fingerprint density at radius 1 is 1.29 bits per heavy atom. The van der Waals surface area contributed by atoms with Gasteiger partial charge < -0.3 is 14.5 Å². The van der Waals surface area contributed by atoms with Gasteiger partial charge in [0.25, 0.3) is 5.91 Å². The lowest BCUT2D eigenvalue weighted by Gasteiger charge is -2.00. The maximum atomic E-state index is 12.0. The molecule has 1 aromatic carbocycles. The third kappa shape index (κ3) is 3.52. The number of amides is 1. The first-order valence-electron chi connectivity index (χ1n) is 7.12. The fraction of sp³-hybridized carbons (Fsp3) is 0.118. The summed E-state index contributed by atoms with van der Waals surface area (Å²) >= 11 is 1.51. The Morgan fingerprint density at radius 2 is 2.08 bits per heavy atom. The molecule has 3 rings (SSSR count). The van der Waals surface area contributed by atoms with Gasteiger partial charge in [0.2, 0.25) is 0 Å². The van der Waals surface area contributed by atoms with Crippen molar-refractivity contribution in [3.05, 3.63) is 65.1 Å². The van der Waals surface area contributed by atoms with Gasteiger partial charge >= 0.3 is 5.97 Å². The van der Waals surface area contributed by atoms with Crippen molar-refractivity contribution in [3.63, 3.8) is 0 Å². The van der Waals surface area contributed by atoms with Crippen LogP contribution in [0.15, 0.2) is 52.5 Å². The van der Waals surface area contributed by atoms with Gasteiger partial charge in [-0.2, -0.15) is 0 Å². The van der Waals surface area contributed by atoms with Gasteiger partial charge in [-0.15, -0.1) is 11.3 Å². The van der Waals surface area contributed by atoms with Crippen LogP contribution in [0.4, 0.5) is 0 Å². The van der Waals surface area contributed by atoms with Gasteiger partial charge in [-0.1, -0.05) is 30.3 Å². The van der Waals surface area contributed by atoms with Crippen LogP contribution in [-0.2, 0) is 11.3 Å². The second kappa shape index (κ2) is 7.10. The molecule has 0 saturated carbocycles. The lowest BCUT2D eigenvalue weighted by Crippen LogP contribution is -2.22. The number of thiazole rings is 1. The third-order valence-corrected chi connectivity index (χ3v) is 4.19. The highest BCUT2D eigenvalue weighted by atomic mass is 32.1. The van der Waals surface area contributed by atoms with Crippen LogP contribution in [0.25, 0.3) is 10.6 Å². The number of furan rings is 1. The van der Waals surface area contributed by atoms with Gasteiger partial charge in [0, 0.05) is 17.0 Å². The second-order valence-electron chi connectivity index (χ2n) is 4.88. The maximum absolute atomic E-state index is 12.0. The van der Waals surface area contributed by atoms with Gasteiger partial charge in [0.05, 0.1) is 24.9 Å². The van der Waals surface area contributed by atoms with Crippen molar-refractivity contribution in [1.82, 2.24) is 10.3 Å². The van der Waals surface area contributed by atoms with Gasteiger partial charge in [0.1, 0.15) is 11.3 Å². The first kappa shape index (κ1) is 15.9. The monoisotopic (exact) mass is 342 g/mol. The lowest BCUT2D eigenvalue weighted by atomic mass is 10.2. The molecule has 122 valence electrons. The molecule has 0 aliphatic heterocycles. The van der Waals surface area contributed by atoms with Gasteiger partial charge in [-0.05, 0) is 0 Å². The summed E-state index contributed by atoms with van der Waals surface area (Å²) < 4.78 is 9.65. The zero-order valence-electron chi connectivity index (χ0n) is 12.8. The number of carbonyl (C=O) groups is 2. The van der Waals surface area contributed by atoms with Crippen molar-refractivity contribution < 1.29 is 18.7 Å². The number of carbonyl (C=O) groups excluding carboxylic acids is 2. The lowest BCUT2D eigenvalue weighted by molar-refractivity contribution is 0.0599. The molecule has 0 spiro atoms. The first-order valence-corrected chi connectivity index (χ1v) is 8.00. The van der Waals surface area contributed by atoms with Crippen LogP contribution in [0.3, 0.4) is 0 Å². The Kier molecular flexibility index (Phi) is 4.72. The standard InChI is InChI=1S/C17H14N2O4S/c1-22-17(21)12-7-14(23-9-12)15(20)18-8-13-10-24-16(19-13)11-5-3-2-4-6-11/h2-7,9-10H,8H2,1H3,(H,18,20). The molecule has 3 aromatic rings. The molecule has 24 heavy (non-hydrogen) atoms. The minimum atomic E-state index is -0.551. The Labute approximate surface area is 142 Å². The van der Waals surface area contributed by atoms with Crippen molar-refractivity contribution in [2.45, 2.75) is 6.54 Å². The molecule has 0 radical (unpaired) electrons. The maximum Gasteiger partial charge on any atom is 0.341 e. The minimum Gasteiger partial charge on any atom is -0.465 e. The normalized spacial score (nSPS) is 10.4. The molecule has 0 aliphatic carbocycles. The van der Waals surface area contributed by atoms with E-state index in [1.807, 2.05) is 35.7 Å². The molecule has 6 nitrogen and oxygen atoms in total. The summed E-state index contributed by atoms with van der Waals surface area (Å²) in [5, 5.41) is 5.50. The molecular weight excluding hydrogens is 328 g/mol. The third-order valence-electron chi connectivity index (χ3n) is 3.25. The van der Waals surface area contributed by atoms with Crippen molar-refractivity contribution in [3.8, 4) is 10.6 Å². The van der Waals surface area contributed by atoms with Crippen LogP contribution in [-0.4, -0.2) is 24.0 Å². The SMILES string of the molecule is COC(=O)c1coc(C(=O)NCc2csc(-c3ccccc3)n2)c1. The van der Waals surface area contributed by atoms with Gasteiger partial charge in [0.15, 0.2) is 5.76 Å². The highest BCUT2D eigenvalue weighted by Gasteiger charge is 2.15. The van der Waals surface area contributed by atoms with E-state index in [0.29, 0.717) is 0 Å². The Morgan fingerprint density at radius 3 is 2.83 bits per heavy atom. The molecule has 2 heterocycles. The smallest absolute Gasteiger partial charge is 0.341 e. The predicted octanol–water partition coefficient (Wildman–Crippen LogP) is 3.12. The van der Waals surface area contributed by atoms with Crippen molar-refractivity contribution in [2.75, 3.05) is 7.11 Å². The molecule has 1 N–H and O–H groups in total. The van der Waals surface area contributed by atoms with E-state index < -0.39 is 11.9 Å². The van der Waals surface area contributed by atoms with Crippen molar-refractivity contribution >= 4 is 23.2 Å². The van der Waals surface area contributed by atoms with Crippen molar-refractivity contribution in [2.24, 2.45) is 0 Å². The number of aromatic nitrogens is 1. The van der Waals surface area contributed by atoms with E-state index in [0.717, 1.165) is 16.3 Å². The van der Waals surface area contributed by atoms with Gasteiger partial charge in [-0.25, -0.2) is 9.78 Å². The minimum absolute atomic E-state index is 0.0499. The Bertz CT molecular complexity index is 854. The molecule has 0 fully saturated rings. The zero-order valence-corrected chi connectivity index (χ0v) is 13.6. The fourth-order valence-electron chi connectivity index (χ4n) is 2.04. The molecule has 0 saturated heterocycles. The fourth-order valence-corrected chi connectivity index (χ4v) is 2.87. The number of hydrogen-bond donors (Lipinski definition) is 1. The van der Waals surface area contributed by atoms with Crippen LogP contribution in [0.5, 0.6) is 0 Å². The number of esters is 1. The summed E-state index contributed by atoms with van der Waals surface area (Å²) in [6.07, 6.45) is 1.19. The summed E-state index contributed by atoms with van der Waals surface area (Å²) in [5.74, 6) is -0.918. The first-order chi connectivity index (χ1) is 11.7. The van der Waals surface area contributed by atoms with Crippen LogP contribution in [0.2, 0.25) is 0 Å². The molecule has 0 unspecified atom stereocenters. The number of benzene rings is 1. The van der Waals surface area contributed by atoms with Crippen LogP contribution in [0, 0.1) is 0 Å². The van der Waals surface area contributed by atoms with Crippen LogP contribution < -0.4 is 5.32 Å². The number of nitrogens with zero attached hydrogens (tertiary/aromatic N) is 1. The van der Waals surface area contributed by atoms with E-state index in [1.54, 1.807) is 0 Å². The van der Waals surface area contributed by atoms with E-state index in [1.165, 1.54) is 30.8 Å². The molecular formula is C17H14N2O4S. The number of methoxy groups -OCH3 is 1. The van der Waals surface area contributed by atoms with E-state index in [2.05, 4.69) is 15.0 Å². The van der Waals surface area contributed by atoms with E-state index in [-0.39, 0.29) is 17.9 Å². The quantitative estimate of drug-likeness (QED) is 0.721. The summed E-state index contributed by atoms with van der Waals surface area (Å²) in [6, 6.07) is 11.2. The molecule has 0 bridgehead atoms. The largest absolute Gasteiger partial charge is 0.465 e. The number of hydrogen-bond acceptors (Lipinski definition) is 6. The predicted molar refractivity (Wildman–Crippen MR) is 88.8 cm³/mol. The van der Waals surface area contributed by atoms with Gasteiger partial charge in [-0.3, -0.25) is 4.79 Å². The summed E-state index contributed by atoms with van der Waals surface area (Å²) in [4.78, 5) is 27.9. The van der Waals surface area contributed by atoms with Crippen molar-refractivity contribution in [1.29, 1.82) is 0 Å². The number of ether oxygens (including phenoxy) is 1. The van der Waals surface area contributed by atoms with E-state index in [9.17, 15) is 9.59 Å². The number of rotatable bonds is 5. The Balaban J connectivity index is 1.62. The molecule has 0 aliphatic rings. The van der Waals surface area contributed by atoms with E-state index in [4.69, 9.17) is 4.42 Å². The molecule has 2 aromatic heterocycles. The topological polar surface area (TPSA) is 81.4 Å². The Hall–Kier alpha value is -2.93. The summed E-state index contributed by atoms with van der Waals surface area (Å²) in [5.41, 5.74) is 1.99.